The molecule has 0 unspecified atom stereocenters. The summed E-state index contributed by atoms with van der Waals surface area (Å²) in [5.41, 5.74) is 1.97. The number of rotatable bonds is 3. The number of hydrogen-bond acceptors (Lipinski definition) is 7. The van der Waals surface area contributed by atoms with Gasteiger partial charge in [-0.3, -0.25) is 4.98 Å². The summed E-state index contributed by atoms with van der Waals surface area (Å²) in [7, 11) is 1.80. The van der Waals surface area contributed by atoms with Crippen molar-refractivity contribution in [3.8, 4) is 11.4 Å². The maximum atomic E-state index is 5.37. The zero-order chi connectivity index (χ0) is 14.7. The van der Waals surface area contributed by atoms with Crippen molar-refractivity contribution in [3.05, 3.63) is 24.0 Å². The summed E-state index contributed by atoms with van der Waals surface area (Å²) in [4.78, 5) is 19.8. The molecule has 3 heterocycles. The Morgan fingerprint density at radius 3 is 2.67 bits per heavy atom. The molecule has 0 aromatic carbocycles. The molecule has 0 aliphatic carbocycles. The highest BCUT2D eigenvalue weighted by Crippen LogP contribution is 2.20. The lowest BCUT2D eigenvalue weighted by Crippen LogP contribution is -2.37. The van der Waals surface area contributed by atoms with Gasteiger partial charge in [0.2, 0.25) is 11.9 Å². The third-order valence-electron chi connectivity index (χ3n) is 3.27. The number of pyridine rings is 1. The van der Waals surface area contributed by atoms with E-state index < -0.39 is 0 Å². The SMILES string of the molecule is CNc1nc(-c2cncc(C)c2)nc(N2CCOCC2)n1. The summed E-state index contributed by atoms with van der Waals surface area (Å²) < 4.78 is 5.37. The summed E-state index contributed by atoms with van der Waals surface area (Å²) in [5, 5.41) is 2.99. The molecule has 0 amide bonds. The highest BCUT2D eigenvalue weighted by atomic mass is 16.5. The Balaban J connectivity index is 2.00. The van der Waals surface area contributed by atoms with Crippen LogP contribution in [0.3, 0.4) is 0 Å². The van der Waals surface area contributed by atoms with Gasteiger partial charge in [-0.25, -0.2) is 0 Å². The standard InChI is InChI=1S/C14H18N6O/c1-10-7-11(9-16-8-10)12-17-13(15-2)19-14(18-12)20-3-5-21-6-4-20/h7-9H,3-6H2,1-2H3,(H,15,17,18,19). The van der Waals surface area contributed by atoms with Crippen LogP contribution in [0.15, 0.2) is 18.5 Å². The first kappa shape index (κ1) is 13.7. The Morgan fingerprint density at radius 2 is 1.95 bits per heavy atom. The molecule has 0 atom stereocenters. The number of nitrogens with one attached hydrogen (secondary N) is 1. The van der Waals surface area contributed by atoms with E-state index in [1.807, 2.05) is 19.2 Å². The van der Waals surface area contributed by atoms with Crippen molar-refractivity contribution >= 4 is 11.9 Å². The highest BCUT2D eigenvalue weighted by Gasteiger charge is 2.17. The molecular weight excluding hydrogens is 268 g/mol. The van der Waals surface area contributed by atoms with Crippen LogP contribution in [0.2, 0.25) is 0 Å². The van der Waals surface area contributed by atoms with Crippen molar-refractivity contribution in [3.63, 3.8) is 0 Å². The van der Waals surface area contributed by atoms with Crippen LogP contribution >= 0.6 is 0 Å². The van der Waals surface area contributed by atoms with E-state index >= 15 is 0 Å². The van der Waals surface area contributed by atoms with Crippen molar-refractivity contribution < 1.29 is 4.74 Å². The monoisotopic (exact) mass is 286 g/mol. The van der Waals surface area contributed by atoms with Crippen LogP contribution in [0.25, 0.3) is 11.4 Å². The molecule has 2 aromatic rings. The zero-order valence-corrected chi connectivity index (χ0v) is 12.2. The van der Waals surface area contributed by atoms with Gasteiger partial charge in [-0.15, -0.1) is 0 Å². The Hall–Kier alpha value is -2.28. The number of hydrogen-bond donors (Lipinski definition) is 1. The fourth-order valence-corrected chi connectivity index (χ4v) is 2.19. The molecule has 2 aromatic heterocycles. The van der Waals surface area contributed by atoms with E-state index in [4.69, 9.17) is 4.74 Å². The highest BCUT2D eigenvalue weighted by molar-refractivity contribution is 5.58. The summed E-state index contributed by atoms with van der Waals surface area (Å²) in [6, 6.07) is 2.02. The number of anilines is 2. The van der Waals surface area contributed by atoms with Gasteiger partial charge in [0.25, 0.3) is 0 Å². The summed E-state index contributed by atoms with van der Waals surface area (Å²) in [6.07, 6.45) is 3.58. The van der Waals surface area contributed by atoms with Crippen LogP contribution < -0.4 is 10.2 Å². The summed E-state index contributed by atoms with van der Waals surface area (Å²) in [5.74, 6) is 1.86. The quantitative estimate of drug-likeness (QED) is 0.906. The third-order valence-corrected chi connectivity index (χ3v) is 3.27. The normalized spacial score (nSPS) is 15.0. The molecule has 7 nitrogen and oxygen atoms in total. The van der Waals surface area contributed by atoms with Crippen molar-refractivity contribution in [2.24, 2.45) is 0 Å². The van der Waals surface area contributed by atoms with Crippen LogP contribution in [0.1, 0.15) is 5.56 Å². The molecule has 7 heteroatoms. The molecule has 1 aliphatic heterocycles. The van der Waals surface area contributed by atoms with Crippen molar-refractivity contribution in [1.29, 1.82) is 0 Å². The molecule has 1 saturated heterocycles. The largest absolute Gasteiger partial charge is 0.378 e. The third kappa shape index (κ3) is 3.08. The zero-order valence-electron chi connectivity index (χ0n) is 12.2. The molecule has 21 heavy (non-hydrogen) atoms. The van der Waals surface area contributed by atoms with E-state index in [0.717, 1.165) is 24.2 Å². The number of aromatic nitrogens is 4. The summed E-state index contributed by atoms with van der Waals surface area (Å²) in [6.45, 7) is 4.97. The Morgan fingerprint density at radius 1 is 1.14 bits per heavy atom. The molecule has 0 saturated carbocycles. The molecule has 1 aliphatic rings. The lowest BCUT2D eigenvalue weighted by molar-refractivity contribution is 0.122. The van der Waals surface area contributed by atoms with Gasteiger partial charge in [0.05, 0.1) is 13.2 Å². The van der Waals surface area contributed by atoms with Crippen LogP contribution in [-0.4, -0.2) is 53.3 Å². The van der Waals surface area contributed by atoms with E-state index in [1.165, 1.54) is 0 Å². The van der Waals surface area contributed by atoms with E-state index in [0.29, 0.717) is 30.9 Å². The van der Waals surface area contributed by atoms with Gasteiger partial charge in [-0.1, -0.05) is 0 Å². The Kier molecular flexibility index (Phi) is 3.92. The van der Waals surface area contributed by atoms with E-state index in [1.54, 1.807) is 13.2 Å². The van der Waals surface area contributed by atoms with E-state index in [-0.39, 0.29) is 0 Å². The molecule has 0 bridgehead atoms. The van der Waals surface area contributed by atoms with Crippen molar-refractivity contribution in [2.75, 3.05) is 43.6 Å². The number of aryl methyl sites for hydroxylation is 1. The minimum absolute atomic E-state index is 0.558. The molecule has 110 valence electrons. The Labute approximate surface area is 123 Å². The molecular formula is C14H18N6O. The smallest absolute Gasteiger partial charge is 0.230 e. The second-order valence-electron chi connectivity index (χ2n) is 4.88. The van der Waals surface area contributed by atoms with Crippen molar-refractivity contribution in [1.82, 2.24) is 19.9 Å². The fraction of sp³-hybridized carbons (Fsp3) is 0.429. The average Bonchev–Trinajstić information content (AvgIpc) is 2.55. The predicted molar refractivity (Wildman–Crippen MR) is 80.4 cm³/mol. The molecule has 0 spiro atoms. The first-order valence-corrected chi connectivity index (χ1v) is 6.95. The van der Waals surface area contributed by atoms with Gasteiger partial charge >= 0.3 is 0 Å². The first-order valence-electron chi connectivity index (χ1n) is 6.95. The van der Waals surface area contributed by atoms with Crippen LogP contribution in [0, 0.1) is 6.92 Å². The van der Waals surface area contributed by atoms with Gasteiger partial charge in [-0.05, 0) is 18.6 Å². The van der Waals surface area contributed by atoms with E-state index in [2.05, 4.69) is 30.2 Å². The van der Waals surface area contributed by atoms with Gasteiger partial charge in [-0.2, -0.15) is 15.0 Å². The maximum absolute atomic E-state index is 5.37. The number of ether oxygens (including phenoxy) is 1. The first-order chi connectivity index (χ1) is 10.3. The molecule has 0 radical (unpaired) electrons. The topological polar surface area (TPSA) is 76.1 Å². The van der Waals surface area contributed by atoms with E-state index in [9.17, 15) is 0 Å². The predicted octanol–water partition coefficient (Wildman–Crippen LogP) is 1.12. The average molecular weight is 286 g/mol. The second-order valence-corrected chi connectivity index (χ2v) is 4.88. The van der Waals surface area contributed by atoms with Crippen LogP contribution in [0.5, 0.6) is 0 Å². The maximum Gasteiger partial charge on any atom is 0.230 e. The number of nitrogens with zero attached hydrogens (tertiary/aromatic N) is 5. The molecule has 1 N–H and O–H groups in total. The lowest BCUT2D eigenvalue weighted by atomic mass is 10.2. The van der Waals surface area contributed by atoms with Crippen LogP contribution in [-0.2, 0) is 4.74 Å². The van der Waals surface area contributed by atoms with Gasteiger partial charge in [0.15, 0.2) is 5.82 Å². The van der Waals surface area contributed by atoms with Gasteiger partial charge in [0.1, 0.15) is 0 Å². The minimum atomic E-state index is 0.558. The van der Waals surface area contributed by atoms with Crippen molar-refractivity contribution in [2.45, 2.75) is 6.92 Å². The lowest BCUT2D eigenvalue weighted by Gasteiger charge is -2.27. The molecule has 3 rings (SSSR count). The fourth-order valence-electron chi connectivity index (χ4n) is 2.19. The van der Waals surface area contributed by atoms with Gasteiger partial charge < -0.3 is 15.0 Å². The second kappa shape index (κ2) is 6.01. The molecule has 1 fully saturated rings. The Bertz CT molecular complexity index is 627. The van der Waals surface area contributed by atoms with Crippen LogP contribution in [0.4, 0.5) is 11.9 Å². The van der Waals surface area contributed by atoms with Gasteiger partial charge in [0, 0.05) is 38.1 Å². The minimum Gasteiger partial charge on any atom is -0.378 e. The summed E-state index contributed by atoms with van der Waals surface area (Å²) >= 11 is 0. The number of morpholine rings is 1.